The second-order valence-corrected chi connectivity index (χ2v) is 9.83. The number of aryl methyl sites for hydroxylation is 1. The van der Waals surface area contributed by atoms with Crippen molar-refractivity contribution in [1.29, 1.82) is 0 Å². The minimum Gasteiger partial charge on any atom is -0.465 e. The zero-order valence-electron chi connectivity index (χ0n) is 19.2. The topological polar surface area (TPSA) is 86.1 Å². The highest BCUT2D eigenvalue weighted by Gasteiger charge is 2.23. The van der Waals surface area contributed by atoms with E-state index in [9.17, 15) is 9.59 Å². The summed E-state index contributed by atoms with van der Waals surface area (Å²) in [6.07, 6.45) is 0.692. The molecule has 9 heteroatoms. The number of hydrogen-bond donors (Lipinski definition) is 1. The average molecular weight is 473 g/mol. The van der Waals surface area contributed by atoms with Crippen molar-refractivity contribution in [2.24, 2.45) is 7.05 Å². The van der Waals surface area contributed by atoms with Crippen molar-refractivity contribution >= 4 is 40.0 Å². The molecule has 0 spiro atoms. The van der Waals surface area contributed by atoms with Crippen LogP contribution in [0.3, 0.4) is 0 Å². The van der Waals surface area contributed by atoms with Crippen LogP contribution in [0.5, 0.6) is 0 Å². The van der Waals surface area contributed by atoms with E-state index in [0.29, 0.717) is 28.1 Å². The van der Waals surface area contributed by atoms with Crippen LogP contribution in [0.4, 0.5) is 5.00 Å². The molecule has 0 fully saturated rings. The lowest BCUT2D eigenvalue weighted by Crippen LogP contribution is -2.16. The Kier molecular flexibility index (Phi) is 7.73. The number of carbonyl (C=O) groups excluding carboxylic acids is 2. The van der Waals surface area contributed by atoms with Gasteiger partial charge in [0.15, 0.2) is 11.0 Å². The summed E-state index contributed by atoms with van der Waals surface area (Å²) in [6.45, 7) is 8.23. The maximum absolute atomic E-state index is 12.6. The van der Waals surface area contributed by atoms with Crippen LogP contribution in [0.1, 0.15) is 53.1 Å². The number of rotatable bonds is 8. The third-order valence-electron chi connectivity index (χ3n) is 5.21. The Labute approximate surface area is 196 Å². The molecule has 1 N–H and O–H groups in total. The molecule has 1 aromatic carbocycles. The normalized spacial score (nSPS) is 11.1. The first-order chi connectivity index (χ1) is 15.3. The van der Waals surface area contributed by atoms with E-state index in [1.807, 2.05) is 37.6 Å². The minimum atomic E-state index is -0.435. The van der Waals surface area contributed by atoms with Gasteiger partial charge < -0.3 is 14.6 Å². The Balaban J connectivity index is 1.69. The van der Waals surface area contributed by atoms with Gasteiger partial charge in [0, 0.05) is 17.5 Å². The molecule has 32 heavy (non-hydrogen) atoms. The number of amides is 1. The average Bonchev–Trinajstić information content (AvgIpc) is 3.30. The number of ether oxygens (including phenoxy) is 1. The van der Waals surface area contributed by atoms with Gasteiger partial charge in [0.2, 0.25) is 5.91 Å². The quantitative estimate of drug-likeness (QED) is 0.364. The fourth-order valence-electron chi connectivity index (χ4n) is 3.41. The first-order valence-corrected chi connectivity index (χ1v) is 12.2. The summed E-state index contributed by atoms with van der Waals surface area (Å²) in [5, 5.41) is 12.6. The molecule has 2 aromatic heterocycles. The Bertz CT molecular complexity index is 1120. The number of benzene rings is 1. The van der Waals surface area contributed by atoms with Crippen LogP contribution < -0.4 is 5.32 Å². The summed E-state index contributed by atoms with van der Waals surface area (Å²) in [7, 11) is 3.23. The van der Waals surface area contributed by atoms with Gasteiger partial charge in [-0.1, -0.05) is 56.8 Å². The van der Waals surface area contributed by atoms with E-state index in [1.165, 1.54) is 35.8 Å². The number of methoxy groups -OCH3 is 1. The highest BCUT2D eigenvalue weighted by atomic mass is 32.2. The molecule has 170 valence electrons. The van der Waals surface area contributed by atoms with E-state index in [2.05, 4.69) is 41.5 Å². The monoisotopic (exact) mass is 472 g/mol. The number of esters is 1. The van der Waals surface area contributed by atoms with Gasteiger partial charge in [0.1, 0.15) is 5.00 Å². The summed E-state index contributed by atoms with van der Waals surface area (Å²) in [5.41, 5.74) is 3.60. The van der Waals surface area contributed by atoms with Crippen LogP contribution in [0.2, 0.25) is 0 Å². The van der Waals surface area contributed by atoms with Crippen LogP contribution in [0.15, 0.2) is 29.4 Å². The van der Waals surface area contributed by atoms with Crippen molar-refractivity contribution in [1.82, 2.24) is 14.8 Å². The number of nitrogens with zero attached hydrogens (tertiary/aromatic N) is 3. The molecule has 0 aliphatic rings. The predicted molar refractivity (Wildman–Crippen MR) is 130 cm³/mol. The van der Waals surface area contributed by atoms with Crippen LogP contribution >= 0.6 is 23.1 Å². The van der Waals surface area contributed by atoms with Crippen molar-refractivity contribution in [2.75, 3.05) is 18.2 Å². The summed E-state index contributed by atoms with van der Waals surface area (Å²) in [4.78, 5) is 25.8. The number of aromatic nitrogens is 3. The van der Waals surface area contributed by atoms with E-state index in [1.54, 1.807) is 0 Å². The van der Waals surface area contributed by atoms with Gasteiger partial charge in [-0.2, -0.15) is 0 Å². The standard InChI is InChI=1S/C23H28N4O3S2/c1-7-17-14(4)32-21(19(17)22(29)30-6)24-18(28)12-31-23-26-25-20(27(23)5)16-10-8-15(9-11-16)13(2)3/h8-11,13H,7,12H2,1-6H3,(H,24,28). The molecule has 0 aliphatic heterocycles. The molecule has 0 aliphatic carbocycles. The predicted octanol–water partition coefficient (Wildman–Crippen LogP) is 5.06. The summed E-state index contributed by atoms with van der Waals surface area (Å²) >= 11 is 2.69. The van der Waals surface area contributed by atoms with Gasteiger partial charge in [-0.05, 0) is 30.4 Å². The molecule has 7 nitrogen and oxygen atoms in total. The molecular weight excluding hydrogens is 444 g/mol. The van der Waals surface area contributed by atoms with Crippen LogP contribution in [-0.2, 0) is 23.0 Å². The first kappa shape index (κ1) is 24.0. The fraction of sp³-hybridized carbons (Fsp3) is 0.391. The summed E-state index contributed by atoms with van der Waals surface area (Å²) in [5.74, 6) is 0.716. The van der Waals surface area contributed by atoms with Crippen LogP contribution in [0, 0.1) is 6.92 Å². The third-order valence-corrected chi connectivity index (χ3v) is 7.29. The van der Waals surface area contributed by atoms with Gasteiger partial charge in [0.05, 0.1) is 18.4 Å². The van der Waals surface area contributed by atoms with Gasteiger partial charge in [-0.3, -0.25) is 4.79 Å². The van der Waals surface area contributed by atoms with E-state index < -0.39 is 5.97 Å². The van der Waals surface area contributed by atoms with Crippen molar-refractivity contribution in [3.05, 3.63) is 45.8 Å². The lowest BCUT2D eigenvalue weighted by atomic mass is 10.0. The molecular formula is C23H28N4O3S2. The largest absolute Gasteiger partial charge is 0.465 e. The number of nitrogens with one attached hydrogen (secondary N) is 1. The molecule has 1 amide bonds. The van der Waals surface area contributed by atoms with Crippen molar-refractivity contribution in [3.8, 4) is 11.4 Å². The van der Waals surface area contributed by atoms with Crippen molar-refractivity contribution in [2.45, 2.75) is 45.2 Å². The molecule has 3 rings (SSSR count). The Morgan fingerprint density at radius 1 is 1.22 bits per heavy atom. The Hall–Kier alpha value is -2.65. The lowest BCUT2D eigenvalue weighted by Gasteiger charge is -2.08. The third kappa shape index (κ3) is 5.05. The molecule has 0 radical (unpaired) electrons. The second-order valence-electron chi connectivity index (χ2n) is 7.66. The molecule has 0 unspecified atom stereocenters. The highest BCUT2D eigenvalue weighted by molar-refractivity contribution is 7.99. The number of thiophene rings is 1. The first-order valence-electron chi connectivity index (χ1n) is 10.4. The van der Waals surface area contributed by atoms with Crippen LogP contribution in [0.25, 0.3) is 11.4 Å². The van der Waals surface area contributed by atoms with Crippen molar-refractivity contribution < 1.29 is 14.3 Å². The maximum atomic E-state index is 12.6. The smallest absolute Gasteiger partial charge is 0.341 e. The minimum absolute atomic E-state index is 0.150. The molecule has 3 aromatic rings. The molecule has 0 saturated heterocycles. The van der Waals surface area contributed by atoms with E-state index in [-0.39, 0.29) is 11.7 Å². The Morgan fingerprint density at radius 2 is 1.91 bits per heavy atom. The van der Waals surface area contributed by atoms with E-state index in [4.69, 9.17) is 4.74 Å². The van der Waals surface area contributed by atoms with Gasteiger partial charge in [0.25, 0.3) is 0 Å². The summed E-state index contributed by atoms with van der Waals surface area (Å²) < 4.78 is 6.80. The van der Waals surface area contributed by atoms with E-state index in [0.717, 1.165) is 21.8 Å². The molecule has 2 heterocycles. The van der Waals surface area contributed by atoms with Crippen molar-refractivity contribution in [3.63, 3.8) is 0 Å². The zero-order valence-corrected chi connectivity index (χ0v) is 20.8. The maximum Gasteiger partial charge on any atom is 0.341 e. The lowest BCUT2D eigenvalue weighted by molar-refractivity contribution is -0.113. The number of anilines is 1. The van der Waals surface area contributed by atoms with E-state index >= 15 is 0 Å². The van der Waals surface area contributed by atoms with Crippen LogP contribution in [-0.4, -0.2) is 39.5 Å². The number of hydrogen-bond acceptors (Lipinski definition) is 7. The number of thioether (sulfide) groups is 1. The SMILES string of the molecule is CCc1c(C)sc(NC(=O)CSc2nnc(-c3ccc(C(C)C)cc3)n2C)c1C(=O)OC. The molecule has 0 bridgehead atoms. The van der Waals surface area contributed by atoms with Gasteiger partial charge in [-0.15, -0.1) is 21.5 Å². The summed E-state index contributed by atoms with van der Waals surface area (Å²) in [6, 6.07) is 8.28. The second kappa shape index (κ2) is 10.3. The highest BCUT2D eigenvalue weighted by Crippen LogP contribution is 2.34. The zero-order chi connectivity index (χ0) is 23.4. The Morgan fingerprint density at radius 3 is 2.50 bits per heavy atom. The number of carbonyl (C=O) groups is 2. The van der Waals surface area contributed by atoms with Gasteiger partial charge >= 0.3 is 5.97 Å². The van der Waals surface area contributed by atoms with Gasteiger partial charge in [-0.25, -0.2) is 4.79 Å². The molecule has 0 saturated carbocycles. The molecule has 0 atom stereocenters. The fourth-order valence-corrected chi connectivity index (χ4v) is 5.27.